The molecule has 20 heavy (non-hydrogen) atoms. The number of hydrogen-bond acceptors (Lipinski definition) is 3. The molecule has 6 nitrogen and oxygen atoms in total. The van der Waals surface area contributed by atoms with Gasteiger partial charge in [0.05, 0.1) is 12.2 Å². The van der Waals surface area contributed by atoms with E-state index in [-0.39, 0.29) is 12.5 Å². The predicted octanol–water partition coefficient (Wildman–Crippen LogP) is 2.14. The van der Waals surface area contributed by atoms with Crippen LogP contribution in [0, 0.1) is 5.92 Å². The van der Waals surface area contributed by atoms with Gasteiger partial charge in [-0.2, -0.15) is 0 Å². The molecule has 110 valence electrons. The van der Waals surface area contributed by atoms with E-state index in [0.717, 1.165) is 4.47 Å². The summed E-state index contributed by atoms with van der Waals surface area (Å²) >= 11 is 3.27. The fourth-order valence-corrected chi connectivity index (χ4v) is 1.82. The monoisotopic (exact) mass is 343 g/mol. The normalized spacial score (nSPS) is 12.0. The third kappa shape index (κ3) is 6.01. The van der Waals surface area contributed by atoms with Gasteiger partial charge in [0.2, 0.25) is 0 Å². The van der Waals surface area contributed by atoms with Gasteiger partial charge in [-0.1, -0.05) is 13.8 Å². The van der Waals surface area contributed by atoms with Crippen LogP contribution >= 0.6 is 15.9 Å². The molecule has 1 atom stereocenters. The maximum atomic E-state index is 11.7. The number of aliphatic carboxylic acids is 1. The number of carbonyl (C=O) groups excluding carboxylic acids is 1. The molecule has 1 aromatic heterocycles. The maximum Gasteiger partial charge on any atom is 0.326 e. The molecule has 3 N–H and O–H groups in total. The van der Waals surface area contributed by atoms with Gasteiger partial charge in [0, 0.05) is 10.7 Å². The number of carboxylic acid groups (broad SMARTS) is 1. The first kappa shape index (κ1) is 16.4. The number of pyridine rings is 1. The topological polar surface area (TPSA) is 91.3 Å². The molecule has 2 amide bonds. The Labute approximate surface area is 126 Å². The number of rotatable bonds is 6. The Morgan fingerprint density at radius 3 is 2.60 bits per heavy atom. The molecule has 1 heterocycles. The lowest BCUT2D eigenvalue weighted by Crippen LogP contribution is -2.46. The molecule has 1 rings (SSSR count). The van der Waals surface area contributed by atoms with Crippen LogP contribution in [0.15, 0.2) is 22.8 Å². The Hall–Kier alpha value is -1.63. The van der Waals surface area contributed by atoms with Gasteiger partial charge >= 0.3 is 12.0 Å². The first-order valence-corrected chi connectivity index (χ1v) is 7.05. The van der Waals surface area contributed by atoms with E-state index in [2.05, 4.69) is 31.5 Å². The van der Waals surface area contributed by atoms with Crippen LogP contribution in [0.4, 0.5) is 4.79 Å². The molecule has 0 aliphatic carbocycles. The Morgan fingerprint density at radius 2 is 2.10 bits per heavy atom. The Bertz CT molecular complexity index is 462. The van der Waals surface area contributed by atoms with Crippen LogP contribution in [0.5, 0.6) is 0 Å². The van der Waals surface area contributed by atoms with Crippen molar-refractivity contribution < 1.29 is 14.7 Å². The highest BCUT2D eigenvalue weighted by atomic mass is 79.9. The van der Waals surface area contributed by atoms with Crippen molar-refractivity contribution in [1.82, 2.24) is 15.6 Å². The second kappa shape index (κ2) is 7.84. The molecule has 0 fully saturated rings. The molecule has 0 saturated carbocycles. The van der Waals surface area contributed by atoms with E-state index in [1.54, 1.807) is 12.3 Å². The summed E-state index contributed by atoms with van der Waals surface area (Å²) in [6, 6.07) is 2.20. The Balaban J connectivity index is 2.45. The lowest BCUT2D eigenvalue weighted by atomic mass is 10.0. The minimum Gasteiger partial charge on any atom is -0.480 e. The molecule has 0 radical (unpaired) electrons. The molecule has 0 aromatic carbocycles. The highest BCUT2D eigenvalue weighted by Gasteiger charge is 2.20. The van der Waals surface area contributed by atoms with Crippen molar-refractivity contribution in [2.45, 2.75) is 32.9 Å². The molecule has 0 aliphatic heterocycles. The molecule has 0 aliphatic rings. The highest BCUT2D eigenvalue weighted by Crippen LogP contribution is 2.07. The summed E-state index contributed by atoms with van der Waals surface area (Å²) in [5.74, 6) is -0.847. The molecular weight excluding hydrogens is 326 g/mol. The van der Waals surface area contributed by atoms with Crippen LogP contribution < -0.4 is 10.6 Å². The zero-order valence-electron chi connectivity index (χ0n) is 11.4. The molecule has 7 heteroatoms. The number of nitrogens with zero attached hydrogens (tertiary/aromatic N) is 1. The van der Waals surface area contributed by atoms with E-state index in [1.165, 1.54) is 0 Å². The van der Waals surface area contributed by atoms with Gasteiger partial charge in [-0.3, -0.25) is 4.98 Å². The van der Waals surface area contributed by atoms with Crippen molar-refractivity contribution in [3.63, 3.8) is 0 Å². The molecule has 1 unspecified atom stereocenters. The van der Waals surface area contributed by atoms with Crippen molar-refractivity contribution >= 4 is 27.9 Å². The van der Waals surface area contributed by atoms with Crippen molar-refractivity contribution in [2.24, 2.45) is 5.92 Å². The lowest BCUT2D eigenvalue weighted by molar-refractivity contribution is -0.139. The van der Waals surface area contributed by atoms with E-state index in [4.69, 9.17) is 5.11 Å². The zero-order chi connectivity index (χ0) is 15.1. The number of hydrogen-bond donors (Lipinski definition) is 3. The average Bonchev–Trinajstić information content (AvgIpc) is 2.36. The Kier molecular flexibility index (Phi) is 6.44. The number of carboxylic acids is 1. The van der Waals surface area contributed by atoms with Gasteiger partial charge in [-0.05, 0) is 40.4 Å². The summed E-state index contributed by atoms with van der Waals surface area (Å²) in [4.78, 5) is 26.8. The molecule has 1 aromatic rings. The highest BCUT2D eigenvalue weighted by molar-refractivity contribution is 9.10. The van der Waals surface area contributed by atoms with Gasteiger partial charge in [-0.15, -0.1) is 0 Å². The van der Waals surface area contributed by atoms with Crippen molar-refractivity contribution in [3.8, 4) is 0 Å². The van der Waals surface area contributed by atoms with Crippen molar-refractivity contribution in [1.29, 1.82) is 0 Å². The number of nitrogens with one attached hydrogen (secondary N) is 2. The summed E-state index contributed by atoms with van der Waals surface area (Å²) in [5, 5.41) is 14.1. The fraction of sp³-hybridized carbons (Fsp3) is 0.462. The molecule has 0 saturated heterocycles. The summed E-state index contributed by atoms with van der Waals surface area (Å²) in [7, 11) is 0. The van der Waals surface area contributed by atoms with Gasteiger partial charge in [0.1, 0.15) is 6.04 Å². The van der Waals surface area contributed by atoms with Crippen LogP contribution in [0.1, 0.15) is 26.0 Å². The van der Waals surface area contributed by atoms with E-state index in [1.807, 2.05) is 19.9 Å². The largest absolute Gasteiger partial charge is 0.480 e. The van der Waals surface area contributed by atoms with Gasteiger partial charge in [-0.25, -0.2) is 9.59 Å². The summed E-state index contributed by atoms with van der Waals surface area (Å²) in [6.45, 7) is 4.05. The van der Waals surface area contributed by atoms with E-state index in [9.17, 15) is 9.59 Å². The number of carbonyl (C=O) groups is 2. The minimum absolute atomic E-state index is 0.185. The number of urea groups is 1. The summed E-state index contributed by atoms with van der Waals surface area (Å²) in [6.07, 6.45) is 2.02. The fourth-order valence-electron chi connectivity index (χ4n) is 1.58. The smallest absolute Gasteiger partial charge is 0.326 e. The van der Waals surface area contributed by atoms with Crippen molar-refractivity contribution in [2.75, 3.05) is 0 Å². The number of amides is 2. The zero-order valence-corrected chi connectivity index (χ0v) is 13.0. The third-order valence-corrected chi connectivity index (χ3v) is 3.00. The SMILES string of the molecule is CC(C)CC(NC(=O)NCc1ccc(Br)cn1)C(=O)O. The lowest BCUT2D eigenvalue weighted by Gasteiger charge is -2.16. The second-order valence-corrected chi connectivity index (χ2v) is 5.73. The Morgan fingerprint density at radius 1 is 1.40 bits per heavy atom. The third-order valence-electron chi connectivity index (χ3n) is 2.53. The number of halogens is 1. The standard InChI is InChI=1S/C13H18BrN3O3/c1-8(2)5-11(12(18)19)17-13(20)16-7-10-4-3-9(14)6-15-10/h3-4,6,8,11H,5,7H2,1-2H3,(H,18,19)(H2,16,17,20). The first-order chi connectivity index (χ1) is 9.38. The van der Waals surface area contributed by atoms with Crippen LogP contribution in [0.2, 0.25) is 0 Å². The van der Waals surface area contributed by atoms with E-state index >= 15 is 0 Å². The van der Waals surface area contributed by atoms with Gasteiger partial charge in [0.15, 0.2) is 0 Å². The van der Waals surface area contributed by atoms with Crippen molar-refractivity contribution in [3.05, 3.63) is 28.5 Å². The van der Waals surface area contributed by atoms with Crippen LogP contribution in [-0.2, 0) is 11.3 Å². The van der Waals surface area contributed by atoms with Gasteiger partial charge in [0.25, 0.3) is 0 Å². The molecular formula is C13H18BrN3O3. The predicted molar refractivity (Wildman–Crippen MR) is 78.2 cm³/mol. The first-order valence-electron chi connectivity index (χ1n) is 6.26. The average molecular weight is 344 g/mol. The second-order valence-electron chi connectivity index (χ2n) is 4.82. The van der Waals surface area contributed by atoms with E-state index in [0.29, 0.717) is 12.1 Å². The van der Waals surface area contributed by atoms with Gasteiger partial charge < -0.3 is 15.7 Å². The summed E-state index contributed by atoms with van der Waals surface area (Å²) < 4.78 is 0.855. The van der Waals surface area contributed by atoms with E-state index < -0.39 is 18.0 Å². The molecule has 0 spiro atoms. The number of aromatic nitrogens is 1. The van der Waals surface area contributed by atoms with Crippen LogP contribution in [0.3, 0.4) is 0 Å². The van der Waals surface area contributed by atoms with Crippen LogP contribution in [-0.4, -0.2) is 28.1 Å². The minimum atomic E-state index is -1.03. The van der Waals surface area contributed by atoms with Crippen LogP contribution in [0.25, 0.3) is 0 Å². The summed E-state index contributed by atoms with van der Waals surface area (Å²) in [5.41, 5.74) is 0.694. The maximum absolute atomic E-state index is 11.7. The molecule has 0 bridgehead atoms. The quantitative estimate of drug-likeness (QED) is 0.737.